The number of carbonyl (C=O) groups is 2. The van der Waals surface area contributed by atoms with Gasteiger partial charge in [0, 0.05) is 12.8 Å². The highest BCUT2D eigenvalue weighted by Gasteiger charge is 2.30. The number of carbonyl (C=O) groups excluding carboxylic acids is 2. The minimum atomic E-state index is -0.394. The van der Waals surface area contributed by atoms with Crippen LogP contribution in [0.15, 0.2) is 35.0 Å². The number of hydrogen-bond acceptors (Lipinski definition) is 5. The molecule has 3 rings (SSSR count). The zero-order valence-electron chi connectivity index (χ0n) is 13.1. The van der Waals surface area contributed by atoms with Crippen molar-refractivity contribution in [3.63, 3.8) is 0 Å². The van der Waals surface area contributed by atoms with E-state index >= 15 is 0 Å². The van der Waals surface area contributed by atoms with Gasteiger partial charge in [0.05, 0.1) is 0 Å². The highest BCUT2D eigenvalue weighted by atomic mass is 16.6. The van der Waals surface area contributed by atoms with Crippen molar-refractivity contribution in [2.75, 3.05) is 0 Å². The summed E-state index contributed by atoms with van der Waals surface area (Å²) < 4.78 is 10.3. The molecule has 120 valence electrons. The monoisotopic (exact) mass is 313 g/mol. The molecule has 1 heterocycles. The van der Waals surface area contributed by atoms with E-state index in [0.29, 0.717) is 17.3 Å². The maximum atomic E-state index is 12.0. The van der Waals surface area contributed by atoms with Crippen LogP contribution in [0.3, 0.4) is 0 Å². The van der Waals surface area contributed by atoms with E-state index in [1.54, 1.807) is 30.3 Å². The summed E-state index contributed by atoms with van der Waals surface area (Å²) in [5.41, 5.74) is 1.13. The summed E-state index contributed by atoms with van der Waals surface area (Å²) >= 11 is 0. The van der Waals surface area contributed by atoms with Gasteiger partial charge >= 0.3 is 11.9 Å². The molecule has 1 aromatic carbocycles. The van der Waals surface area contributed by atoms with E-state index in [-0.39, 0.29) is 11.9 Å². The van der Waals surface area contributed by atoms with Gasteiger partial charge in [-0.2, -0.15) is 0 Å². The van der Waals surface area contributed by atoms with Crippen LogP contribution in [0.1, 0.15) is 44.6 Å². The second-order valence-electron chi connectivity index (χ2n) is 5.87. The number of ether oxygens (including phenoxy) is 2. The van der Waals surface area contributed by atoms with Crippen molar-refractivity contribution in [3.8, 4) is 5.75 Å². The first-order valence-corrected chi connectivity index (χ1v) is 7.93. The standard InChI is InChI=1S/C18H19NO4/c1-12(20)22-15-9-7-13(8-10-15)11-16-18(21)23-17(19-16)14-5-3-2-4-6-14/h7-11,14H,2-6H2,1H3/b16-11-. The normalized spacial score (nSPS) is 20.3. The Morgan fingerprint density at radius 1 is 1.22 bits per heavy atom. The Hall–Kier alpha value is -2.43. The Morgan fingerprint density at radius 2 is 1.91 bits per heavy atom. The maximum Gasteiger partial charge on any atom is 0.363 e. The van der Waals surface area contributed by atoms with Crippen molar-refractivity contribution in [3.05, 3.63) is 35.5 Å². The van der Waals surface area contributed by atoms with Gasteiger partial charge in [0.1, 0.15) is 5.75 Å². The number of benzene rings is 1. The van der Waals surface area contributed by atoms with Crippen LogP contribution in [0.2, 0.25) is 0 Å². The summed E-state index contributed by atoms with van der Waals surface area (Å²) in [7, 11) is 0. The van der Waals surface area contributed by atoms with Crippen LogP contribution >= 0.6 is 0 Å². The van der Waals surface area contributed by atoms with E-state index in [1.807, 2.05) is 0 Å². The highest BCUT2D eigenvalue weighted by Crippen LogP contribution is 2.29. The summed E-state index contributed by atoms with van der Waals surface area (Å²) in [5, 5.41) is 0. The van der Waals surface area contributed by atoms with Crippen molar-refractivity contribution >= 4 is 23.9 Å². The van der Waals surface area contributed by atoms with Crippen molar-refractivity contribution in [2.24, 2.45) is 10.9 Å². The highest BCUT2D eigenvalue weighted by molar-refractivity contribution is 6.07. The smallest absolute Gasteiger partial charge is 0.363 e. The molecule has 0 bridgehead atoms. The fraction of sp³-hybridized carbons (Fsp3) is 0.389. The largest absolute Gasteiger partial charge is 0.427 e. The van der Waals surface area contributed by atoms with Crippen LogP contribution in [-0.2, 0) is 14.3 Å². The molecule has 0 unspecified atom stereocenters. The van der Waals surface area contributed by atoms with Crippen LogP contribution < -0.4 is 4.74 Å². The Morgan fingerprint density at radius 3 is 2.57 bits per heavy atom. The van der Waals surface area contributed by atoms with E-state index < -0.39 is 5.97 Å². The number of cyclic esters (lactones) is 1. The lowest BCUT2D eigenvalue weighted by Crippen LogP contribution is -2.19. The predicted octanol–water partition coefficient (Wildman–Crippen LogP) is 3.49. The summed E-state index contributed by atoms with van der Waals surface area (Å²) in [4.78, 5) is 27.2. The minimum Gasteiger partial charge on any atom is -0.427 e. The first kappa shape index (κ1) is 15.5. The van der Waals surface area contributed by atoms with Gasteiger partial charge in [-0.25, -0.2) is 9.79 Å². The van der Waals surface area contributed by atoms with Gasteiger partial charge in [0.2, 0.25) is 5.90 Å². The molecule has 0 N–H and O–H groups in total. The number of rotatable bonds is 3. The summed E-state index contributed by atoms with van der Waals surface area (Å²) in [5.74, 6) is 0.550. The number of hydrogen-bond donors (Lipinski definition) is 0. The van der Waals surface area contributed by atoms with Crippen molar-refractivity contribution < 1.29 is 19.1 Å². The second kappa shape index (κ2) is 6.77. The third-order valence-electron chi connectivity index (χ3n) is 4.04. The SMILES string of the molecule is CC(=O)Oc1ccc(/C=C2\N=C(C3CCCCC3)OC2=O)cc1. The fourth-order valence-electron chi connectivity index (χ4n) is 2.91. The lowest BCUT2D eigenvalue weighted by atomic mass is 9.89. The Kier molecular flexibility index (Phi) is 4.55. The number of nitrogens with zero attached hydrogens (tertiary/aromatic N) is 1. The molecular formula is C18H19NO4. The van der Waals surface area contributed by atoms with Crippen LogP contribution in [0, 0.1) is 5.92 Å². The second-order valence-corrected chi connectivity index (χ2v) is 5.87. The zero-order valence-corrected chi connectivity index (χ0v) is 13.1. The van der Waals surface area contributed by atoms with Gasteiger partial charge < -0.3 is 9.47 Å². The van der Waals surface area contributed by atoms with Gasteiger partial charge in [-0.15, -0.1) is 0 Å². The van der Waals surface area contributed by atoms with Crippen LogP contribution in [0.4, 0.5) is 0 Å². The van der Waals surface area contributed by atoms with Gasteiger partial charge in [-0.3, -0.25) is 4.79 Å². The molecule has 0 atom stereocenters. The maximum absolute atomic E-state index is 12.0. The molecule has 5 heteroatoms. The summed E-state index contributed by atoms with van der Waals surface area (Å²) in [6.07, 6.45) is 7.34. The fourth-order valence-corrected chi connectivity index (χ4v) is 2.91. The molecular weight excluding hydrogens is 294 g/mol. The third-order valence-corrected chi connectivity index (χ3v) is 4.04. The predicted molar refractivity (Wildman–Crippen MR) is 85.8 cm³/mol. The molecule has 0 radical (unpaired) electrons. The molecule has 23 heavy (non-hydrogen) atoms. The Balaban J connectivity index is 1.74. The minimum absolute atomic E-state index is 0.268. The van der Waals surface area contributed by atoms with E-state index in [2.05, 4.69) is 4.99 Å². The average molecular weight is 313 g/mol. The van der Waals surface area contributed by atoms with Gasteiger partial charge in [-0.1, -0.05) is 31.4 Å². The molecule has 0 aromatic heterocycles. The number of aliphatic imine (C=N–C) groups is 1. The molecule has 1 aliphatic heterocycles. The van der Waals surface area contributed by atoms with Gasteiger partial charge in [-0.05, 0) is 36.6 Å². The van der Waals surface area contributed by atoms with Crippen LogP contribution in [-0.4, -0.2) is 17.8 Å². The molecule has 0 saturated heterocycles. The van der Waals surface area contributed by atoms with Crippen molar-refractivity contribution in [1.82, 2.24) is 0 Å². The quantitative estimate of drug-likeness (QED) is 0.487. The lowest BCUT2D eigenvalue weighted by Gasteiger charge is -2.19. The van der Waals surface area contributed by atoms with Gasteiger partial charge in [0.15, 0.2) is 5.70 Å². The average Bonchev–Trinajstić information content (AvgIpc) is 2.91. The topological polar surface area (TPSA) is 65.0 Å². The molecule has 1 aromatic rings. The number of esters is 2. The molecule has 0 amide bonds. The first-order chi connectivity index (χ1) is 11.1. The third kappa shape index (κ3) is 3.86. The molecule has 2 aliphatic rings. The van der Waals surface area contributed by atoms with Crippen LogP contribution in [0.25, 0.3) is 6.08 Å². The molecule has 5 nitrogen and oxygen atoms in total. The van der Waals surface area contributed by atoms with Crippen LogP contribution in [0.5, 0.6) is 5.75 Å². The van der Waals surface area contributed by atoms with E-state index in [4.69, 9.17) is 9.47 Å². The zero-order chi connectivity index (χ0) is 16.2. The Bertz CT molecular complexity index is 667. The lowest BCUT2D eigenvalue weighted by molar-refractivity contribution is -0.132. The van der Waals surface area contributed by atoms with Crippen molar-refractivity contribution in [1.29, 1.82) is 0 Å². The molecule has 1 saturated carbocycles. The summed E-state index contributed by atoms with van der Waals surface area (Å²) in [6.45, 7) is 1.35. The van der Waals surface area contributed by atoms with Gasteiger partial charge in [0.25, 0.3) is 0 Å². The van der Waals surface area contributed by atoms with E-state index in [0.717, 1.165) is 31.2 Å². The summed E-state index contributed by atoms with van der Waals surface area (Å²) in [6, 6.07) is 6.90. The Labute approximate surface area is 135 Å². The van der Waals surface area contributed by atoms with Crippen molar-refractivity contribution in [2.45, 2.75) is 39.0 Å². The molecule has 1 fully saturated rings. The van der Waals surface area contributed by atoms with E-state index in [1.165, 1.54) is 13.3 Å². The first-order valence-electron chi connectivity index (χ1n) is 7.93. The van der Waals surface area contributed by atoms with E-state index in [9.17, 15) is 9.59 Å². The molecule has 0 spiro atoms. The molecule has 1 aliphatic carbocycles.